The molecule has 16 heavy (non-hydrogen) atoms. The first kappa shape index (κ1) is 10.1. The summed E-state index contributed by atoms with van der Waals surface area (Å²) in [6, 6.07) is 3.83. The number of halogens is 1. The Kier molecular flexibility index (Phi) is 2.37. The van der Waals surface area contributed by atoms with Crippen LogP contribution in [0.25, 0.3) is 11.1 Å². The molecular weight excluding hydrogens is 224 g/mol. The lowest BCUT2D eigenvalue weighted by Gasteiger charge is -2.00. The lowest BCUT2D eigenvalue weighted by molar-refractivity contribution is 0.533. The monoisotopic (exact) mass is 236 g/mol. The van der Waals surface area contributed by atoms with Crippen LogP contribution >= 0.6 is 11.6 Å². The minimum Gasteiger partial charge on any atom is -0.440 e. The van der Waals surface area contributed by atoms with Crippen molar-refractivity contribution in [3.63, 3.8) is 0 Å². The summed E-state index contributed by atoms with van der Waals surface area (Å²) in [5, 5.41) is 0.730. The van der Waals surface area contributed by atoms with Gasteiger partial charge in [-0.3, -0.25) is 0 Å². The topological polar surface area (TPSA) is 52.0 Å². The molecule has 1 aromatic heterocycles. The van der Waals surface area contributed by atoms with E-state index in [1.807, 2.05) is 12.1 Å². The third kappa shape index (κ3) is 1.70. The second-order valence-electron chi connectivity index (χ2n) is 4.28. The van der Waals surface area contributed by atoms with Crippen LogP contribution in [0.15, 0.2) is 16.5 Å². The van der Waals surface area contributed by atoms with Gasteiger partial charge in [0.1, 0.15) is 5.52 Å². The SMILES string of the molecule is NCCc1cc2oc(C3CC3)nc2cc1Cl. The maximum Gasteiger partial charge on any atom is 0.198 e. The number of fused-ring (bicyclic) bond motifs is 1. The molecule has 0 radical (unpaired) electrons. The average molecular weight is 237 g/mol. The Morgan fingerprint density at radius 3 is 2.94 bits per heavy atom. The van der Waals surface area contributed by atoms with E-state index in [2.05, 4.69) is 4.98 Å². The standard InChI is InChI=1S/C12H13ClN2O/c13-9-6-10-11(5-8(9)3-4-14)16-12(15-10)7-1-2-7/h5-7H,1-4,14H2. The summed E-state index contributed by atoms with van der Waals surface area (Å²) in [5.41, 5.74) is 8.25. The molecule has 1 fully saturated rings. The minimum atomic E-state index is 0.532. The van der Waals surface area contributed by atoms with Crippen LogP contribution in [0, 0.1) is 0 Å². The lowest BCUT2D eigenvalue weighted by Crippen LogP contribution is -2.02. The van der Waals surface area contributed by atoms with E-state index in [9.17, 15) is 0 Å². The molecule has 3 nitrogen and oxygen atoms in total. The van der Waals surface area contributed by atoms with E-state index in [0.717, 1.165) is 34.0 Å². The van der Waals surface area contributed by atoms with Crippen molar-refractivity contribution in [2.24, 2.45) is 5.73 Å². The predicted octanol–water partition coefficient (Wildman–Crippen LogP) is 2.86. The highest BCUT2D eigenvalue weighted by Gasteiger charge is 2.29. The van der Waals surface area contributed by atoms with Crippen LogP contribution in [-0.2, 0) is 6.42 Å². The molecule has 0 saturated heterocycles. The molecule has 0 atom stereocenters. The number of oxazole rings is 1. The molecule has 0 amide bonds. The number of hydrogen-bond acceptors (Lipinski definition) is 3. The van der Waals surface area contributed by atoms with E-state index in [1.165, 1.54) is 12.8 Å². The number of benzene rings is 1. The fourth-order valence-electron chi connectivity index (χ4n) is 1.86. The van der Waals surface area contributed by atoms with Crippen molar-refractivity contribution in [2.75, 3.05) is 6.54 Å². The molecule has 1 aliphatic carbocycles. The van der Waals surface area contributed by atoms with Crippen molar-refractivity contribution >= 4 is 22.7 Å². The Bertz CT molecular complexity index is 531. The molecule has 0 spiro atoms. The summed E-state index contributed by atoms with van der Waals surface area (Å²) in [4.78, 5) is 4.45. The predicted molar refractivity (Wildman–Crippen MR) is 63.8 cm³/mol. The number of hydrogen-bond donors (Lipinski definition) is 1. The van der Waals surface area contributed by atoms with E-state index in [-0.39, 0.29) is 0 Å². The van der Waals surface area contributed by atoms with Gasteiger partial charge in [0.15, 0.2) is 11.5 Å². The first-order valence-corrected chi connectivity index (χ1v) is 5.94. The first-order chi connectivity index (χ1) is 7.78. The Morgan fingerprint density at radius 1 is 1.44 bits per heavy atom. The van der Waals surface area contributed by atoms with Crippen molar-refractivity contribution in [2.45, 2.75) is 25.2 Å². The molecule has 1 aromatic carbocycles. The maximum absolute atomic E-state index is 6.15. The molecular formula is C12H13ClN2O. The Balaban J connectivity index is 2.08. The Morgan fingerprint density at radius 2 is 2.25 bits per heavy atom. The number of nitrogens with two attached hydrogens (primary N) is 1. The third-order valence-electron chi connectivity index (χ3n) is 2.91. The minimum absolute atomic E-state index is 0.532. The molecule has 0 unspecified atom stereocenters. The van der Waals surface area contributed by atoms with Gasteiger partial charge in [-0.05, 0) is 43.5 Å². The van der Waals surface area contributed by atoms with Crippen LogP contribution < -0.4 is 5.73 Å². The summed E-state index contributed by atoms with van der Waals surface area (Å²) in [5.74, 6) is 1.39. The lowest BCUT2D eigenvalue weighted by atomic mass is 10.1. The highest BCUT2D eigenvalue weighted by molar-refractivity contribution is 6.32. The van der Waals surface area contributed by atoms with Gasteiger partial charge in [-0.2, -0.15) is 0 Å². The summed E-state index contributed by atoms with van der Waals surface area (Å²) in [7, 11) is 0. The Hall–Kier alpha value is -1.06. The van der Waals surface area contributed by atoms with Gasteiger partial charge in [0.25, 0.3) is 0 Å². The molecule has 84 valence electrons. The van der Waals surface area contributed by atoms with Crippen LogP contribution in [0.1, 0.15) is 30.2 Å². The molecule has 2 aromatic rings. The van der Waals surface area contributed by atoms with Gasteiger partial charge in [0, 0.05) is 10.9 Å². The van der Waals surface area contributed by atoms with Crippen LogP contribution in [-0.4, -0.2) is 11.5 Å². The number of nitrogens with zero attached hydrogens (tertiary/aromatic N) is 1. The molecule has 0 bridgehead atoms. The Labute approximate surface area is 98.6 Å². The summed E-state index contributed by atoms with van der Waals surface area (Å²) >= 11 is 6.15. The summed E-state index contributed by atoms with van der Waals surface area (Å²) < 4.78 is 5.72. The van der Waals surface area contributed by atoms with Crippen molar-refractivity contribution in [3.05, 3.63) is 28.6 Å². The fraction of sp³-hybridized carbons (Fsp3) is 0.417. The molecule has 3 rings (SSSR count). The molecule has 4 heteroatoms. The number of rotatable bonds is 3. The van der Waals surface area contributed by atoms with Gasteiger partial charge < -0.3 is 10.2 Å². The van der Waals surface area contributed by atoms with Crippen molar-refractivity contribution in [1.29, 1.82) is 0 Å². The first-order valence-electron chi connectivity index (χ1n) is 5.57. The maximum atomic E-state index is 6.15. The van der Waals surface area contributed by atoms with E-state index in [1.54, 1.807) is 0 Å². The van der Waals surface area contributed by atoms with Gasteiger partial charge in [-0.25, -0.2) is 4.98 Å². The molecule has 1 saturated carbocycles. The van der Waals surface area contributed by atoms with Crippen molar-refractivity contribution in [1.82, 2.24) is 4.98 Å². The fourth-order valence-corrected chi connectivity index (χ4v) is 2.11. The zero-order valence-electron chi connectivity index (χ0n) is 8.87. The summed E-state index contributed by atoms with van der Waals surface area (Å²) in [6.07, 6.45) is 3.15. The van der Waals surface area contributed by atoms with Crippen molar-refractivity contribution < 1.29 is 4.42 Å². The zero-order chi connectivity index (χ0) is 11.1. The largest absolute Gasteiger partial charge is 0.440 e. The number of aromatic nitrogens is 1. The van der Waals surface area contributed by atoms with E-state index >= 15 is 0 Å². The third-order valence-corrected chi connectivity index (χ3v) is 3.27. The zero-order valence-corrected chi connectivity index (χ0v) is 9.63. The highest BCUT2D eigenvalue weighted by Crippen LogP contribution is 2.41. The van der Waals surface area contributed by atoms with Gasteiger partial charge in [-0.1, -0.05) is 11.6 Å². The van der Waals surface area contributed by atoms with E-state index in [4.69, 9.17) is 21.8 Å². The van der Waals surface area contributed by atoms with Crippen LogP contribution in [0.2, 0.25) is 5.02 Å². The van der Waals surface area contributed by atoms with E-state index in [0.29, 0.717) is 12.5 Å². The second kappa shape index (κ2) is 3.75. The molecule has 1 heterocycles. The van der Waals surface area contributed by atoms with Gasteiger partial charge >= 0.3 is 0 Å². The highest BCUT2D eigenvalue weighted by atomic mass is 35.5. The van der Waals surface area contributed by atoms with Gasteiger partial charge in [-0.15, -0.1) is 0 Å². The average Bonchev–Trinajstić information content (AvgIpc) is 3.02. The quantitative estimate of drug-likeness (QED) is 0.892. The van der Waals surface area contributed by atoms with E-state index < -0.39 is 0 Å². The van der Waals surface area contributed by atoms with Crippen LogP contribution in [0.5, 0.6) is 0 Å². The normalized spacial score (nSPS) is 15.9. The van der Waals surface area contributed by atoms with Gasteiger partial charge in [0.2, 0.25) is 0 Å². The van der Waals surface area contributed by atoms with Crippen LogP contribution in [0.3, 0.4) is 0 Å². The van der Waals surface area contributed by atoms with Crippen molar-refractivity contribution in [3.8, 4) is 0 Å². The summed E-state index contributed by atoms with van der Waals surface area (Å²) in [6.45, 7) is 0.592. The molecule has 2 N–H and O–H groups in total. The van der Waals surface area contributed by atoms with Crippen LogP contribution in [0.4, 0.5) is 0 Å². The van der Waals surface area contributed by atoms with Gasteiger partial charge in [0.05, 0.1) is 0 Å². The smallest absolute Gasteiger partial charge is 0.198 e. The second-order valence-corrected chi connectivity index (χ2v) is 4.68. The molecule has 0 aliphatic heterocycles. The molecule has 1 aliphatic rings.